The third-order valence-corrected chi connectivity index (χ3v) is 9.42. The van der Waals surface area contributed by atoms with Crippen LogP contribution in [0.3, 0.4) is 0 Å². The van der Waals surface area contributed by atoms with E-state index in [0.29, 0.717) is 0 Å². The summed E-state index contributed by atoms with van der Waals surface area (Å²) in [4.78, 5) is 0. The van der Waals surface area contributed by atoms with Crippen LogP contribution in [0.1, 0.15) is 0 Å². The van der Waals surface area contributed by atoms with E-state index in [0.717, 1.165) is 0 Å². The fourth-order valence-electron chi connectivity index (χ4n) is 7.47. The lowest BCUT2D eigenvalue weighted by Crippen LogP contribution is -2.08. The molecule has 0 atom stereocenters. The zero-order chi connectivity index (χ0) is 29.5. The first kappa shape index (κ1) is 24.4. The topological polar surface area (TPSA) is 14.8 Å². The van der Waals surface area contributed by atoms with Crippen LogP contribution in [0.2, 0.25) is 0 Å². The summed E-state index contributed by atoms with van der Waals surface area (Å²) in [5.74, 6) is 0. The second-order valence-electron chi connectivity index (χ2n) is 11.8. The lowest BCUT2D eigenvalue weighted by atomic mass is 10.0. The minimum Gasteiger partial charge on any atom is -0.309 e. The molecule has 10 rings (SSSR count). The molecule has 0 spiro atoms. The summed E-state index contributed by atoms with van der Waals surface area (Å²) in [6, 6.07) is 59.5. The lowest BCUT2D eigenvalue weighted by molar-refractivity contribution is 0.775. The van der Waals surface area contributed by atoms with E-state index in [9.17, 15) is 0 Å². The van der Waals surface area contributed by atoms with E-state index in [1.165, 1.54) is 82.2 Å². The SMILES string of the molecule is c1ccc(-n2c3ccccc3c3ccc(-c4ccc5c6ccccc6n(-n6c7ccccc7c7ccccc76)c5c4)cc32)cc1. The van der Waals surface area contributed by atoms with Gasteiger partial charge in [0.1, 0.15) is 0 Å². The summed E-state index contributed by atoms with van der Waals surface area (Å²) < 4.78 is 7.20. The summed E-state index contributed by atoms with van der Waals surface area (Å²) in [7, 11) is 0. The van der Waals surface area contributed by atoms with E-state index in [4.69, 9.17) is 0 Å². The van der Waals surface area contributed by atoms with Gasteiger partial charge >= 0.3 is 0 Å². The number of hydrogen-bond acceptors (Lipinski definition) is 0. The standard InChI is InChI=1S/C42H27N3/c1-2-12-30(13-3-1)43-37-18-8-4-14-31(37)35-24-22-28(26-41(35)43)29-23-25-36-34-17-7-11-21-40(34)45(42(36)27-29)44-38-19-9-5-15-32(38)33-16-6-10-20-39(33)44/h1-27H. The number of aromatic nitrogens is 3. The molecule has 0 fully saturated rings. The van der Waals surface area contributed by atoms with Gasteiger partial charge in [-0.2, -0.15) is 0 Å². The average molecular weight is 574 g/mol. The van der Waals surface area contributed by atoms with Crippen molar-refractivity contribution in [2.24, 2.45) is 0 Å². The van der Waals surface area contributed by atoms with Crippen molar-refractivity contribution in [1.29, 1.82) is 0 Å². The average Bonchev–Trinajstić information content (AvgIpc) is 3.73. The van der Waals surface area contributed by atoms with E-state index in [1.807, 2.05) is 0 Å². The van der Waals surface area contributed by atoms with E-state index >= 15 is 0 Å². The molecular formula is C42H27N3. The van der Waals surface area contributed by atoms with E-state index < -0.39 is 0 Å². The Balaban J connectivity index is 1.28. The molecule has 210 valence electrons. The highest BCUT2D eigenvalue weighted by molar-refractivity contribution is 6.13. The summed E-state index contributed by atoms with van der Waals surface area (Å²) in [5.41, 5.74) is 10.8. The molecule has 0 amide bonds. The Morgan fingerprint density at radius 3 is 1.20 bits per heavy atom. The minimum absolute atomic E-state index is 1.17. The number of benzene rings is 7. The van der Waals surface area contributed by atoms with Gasteiger partial charge in [0.15, 0.2) is 0 Å². The molecule has 0 saturated heterocycles. The maximum Gasteiger partial charge on any atom is 0.0722 e. The molecule has 3 nitrogen and oxygen atoms in total. The Kier molecular flexibility index (Phi) is 5.00. The van der Waals surface area contributed by atoms with Crippen molar-refractivity contribution in [3.05, 3.63) is 164 Å². The van der Waals surface area contributed by atoms with Gasteiger partial charge in [0.05, 0.1) is 33.1 Å². The quantitative estimate of drug-likeness (QED) is 0.200. The molecule has 0 saturated carbocycles. The lowest BCUT2D eigenvalue weighted by Gasteiger charge is -2.14. The molecule has 45 heavy (non-hydrogen) atoms. The van der Waals surface area contributed by atoms with Crippen LogP contribution >= 0.6 is 0 Å². The molecule has 0 radical (unpaired) electrons. The molecule has 7 aromatic carbocycles. The Bertz CT molecular complexity index is 2700. The minimum atomic E-state index is 1.17. The highest BCUT2D eigenvalue weighted by Crippen LogP contribution is 2.39. The second kappa shape index (κ2) is 9.22. The highest BCUT2D eigenvalue weighted by Gasteiger charge is 2.19. The third-order valence-electron chi connectivity index (χ3n) is 9.42. The number of fused-ring (bicyclic) bond motifs is 9. The molecule has 0 aliphatic heterocycles. The normalized spacial score (nSPS) is 12.0. The van der Waals surface area contributed by atoms with Crippen LogP contribution in [0, 0.1) is 0 Å². The fourth-order valence-corrected chi connectivity index (χ4v) is 7.47. The highest BCUT2D eigenvalue weighted by atomic mass is 15.5. The van der Waals surface area contributed by atoms with Crippen molar-refractivity contribution < 1.29 is 0 Å². The fraction of sp³-hybridized carbons (Fsp3) is 0. The molecule has 3 heteroatoms. The summed E-state index contributed by atoms with van der Waals surface area (Å²) in [6.07, 6.45) is 0. The van der Waals surface area contributed by atoms with Gasteiger partial charge in [0.2, 0.25) is 0 Å². The van der Waals surface area contributed by atoms with Crippen LogP contribution in [0.5, 0.6) is 0 Å². The molecule has 10 aromatic rings. The Morgan fingerprint density at radius 1 is 0.267 bits per heavy atom. The maximum absolute atomic E-state index is 2.42. The van der Waals surface area contributed by atoms with Gasteiger partial charge in [-0.25, -0.2) is 9.35 Å². The van der Waals surface area contributed by atoms with E-state index in [2.05, 4.69) is 178 Å². The van der Waals surface area contributed by atoms with E-state index in [1.54, 1.807) is 0 Å². The van der Waals surface area contributed by atoms with Crippen molar-refractivity contribution in [2.75, 3.05) is 0 Å². The molecule has 0 unspecified atom stereocenters. The second-order valence-corrected chi connectivity index (χ2v) is 11.8. The van der Waals surface area contributed by atoms with Gasteiger partial charge in [-0.05, 0) is 59.7 Å². The summed E-state index contributed by atoms with van der Waals surface area (Å²) in [6.45, 7) is 0. The molecule has 0 aliphatic rings. The van der Waals surface area contributed by atoms with Crippen molar-refractivity contribution in [2.45, 2.75) is 0 Å². The van der Waals surface area contributed by atoms with Gasteiger partial charge in [-0.1, -0.05) is 115 Å². The van der Waals surface area contributed by atoms with Gasteiger partial charge in [-0.15, -0.1) is 0 Å². The number of nitrogens with zero attached hydrogens (tertiary/aromatic N) is 3. The zero-order valence-corrected chi connectivity index (χ0v) is 24.4. The molecular weight excluding hydrogens is 546 g/mol. The first-order valence-corrected chi connectivity index (χ1v) is 15.5. The Labute approximate surface area is 259 Å². The molecule has 3 aromatic heterocycles. The van der Waals surface area contributed by atoms with Crippen LogP contribution in [0.4, 0.5) is 0 Å². The maximum atomic E-state index is 2.42. The van der Waals surface area contributed by atoms with Crippen LogP contribution in [-0.4, -0.2) is 13.9 Å². The van der Waals surface area contributed by atoms with Crippen LogP contribution in [0.15, 0.2) is 164 Å². The molecule has 3 heterocycles. The Morgan fingerprint density at radius 2 is 0.644 bits per heavy atom. The molecule has 0 N–H and O–H groups in total. The number of para-hydroxylation sites is 5. The first-order chi connectivity index (χ1) is 22.3. The van der Waals surface area contributed by atoms with Gasteiger partial charge in [-0.3, -0.25) is 0 Å². The van der Waals surface area contributed by atoms with Crippen LogP contribution < -0.4 is 0 Å². The predicted octanol–water partition coefficient (Wildman–Crippen LogP) is 11.0. The van der Waals surface area contributed by atoms with Gasteiger partial charge in [0, 0.05) is 38.0 Å². The number of hydrogen-bond donors (Lipinski definition) is 0. The van der Waals surface area contributed by atoms with Crippen molar-refractivity contribution >= 4 is 65.4 Å². The smallest absolute Gasteiger partial charge is 0.0722 e. The van der Waals surface area contributed by atoms with Gasteiger partial charge in [0.25, 0.3) is 0 Å². The van der Waals surface area contributed by atoms with Crippen molar-refractivity contribution in [1.82, 2.24) is 13.9 Å². The zero-order valence-electron chi connectivity index (χ0n) is 24.4. The third kappa shape index (κ3) is 3.41. The van der Waals surface area contributed by atoms with E-state index in [-0.39, 0.29) is 0 Å². The first-order valence-electron chi connectivity index (χ1n) is 15.5. The molecule has 0 aliphatic carbocycles. The number of rotatable bonds is 3. The van der Waals surface area contributed by atoms with Crippen molar-refractivity contribution in [3.8, 4) is 16.8 Å². The molecule has 0 bridgehead atoms. The monoisotopic (exact) mass is 573 g/mol. The predicted molar refractivity (Wildman–Crippen MR) is 189 cm³/mol. The van der Waals surface area contributed by atoms with Crippen LogP contribution in [0.25, 0.3) is 82.2 Å². The largest absolute Gasteiger partial charge is 0.309 e. The Hall–Kier alpha value is -6.06. The van der Waals surface area contributed by atoms with Crippen molar-refractivity contribution in [3.63, 3.8) is 0 Å². The summed E-state index contributed by atoms with van der Waals surface area (Å²) in [5, 5.41) is 7.54. The summed E-state index contributed by atoms with van der Waals surface area (Å²) >= 11 is 0. The van der Waals surface area contributed by atoms with Crippen LogP contribution in [-0.2, 0) is 0 Å². The van der Waals surface area contributed by atoms with Gasteiger partial charge < -0.3 is 4.57 Å².